The van der Waals surface area contributed by atoms with Gasteiger partial charge in [0.15, 0.2) is 0 Å². The molecule has 4 heteroatoms. The number of carbonyl (C=O) groups excluding carboxylic acids is 1. The number of nitrogens with zero attached hydrogens (tertiary/aromatic N) is 1. The molecule has 0 saturated heterocycles. The van der Waals surface area contributed by atoms with Gasteiger partial charge in [-0.3, -0.25) is 4.79 Å². The monoisotopic (exact) mass is 233 g/mol. The SMILES string of the molecule is N#CCCNC(=O)CNC1C2C3CCC(C3)C12. The third-order valence-corrected chi connectivity index (χ3v) is 4.79. The van der Waals surface area contributed by atoms with Gasteiger partial charge in [-0.05, 0) is 42.9 Å². The normalized spacial score (nSPS) is 40.8. The van der Waals surface area contributed by atoms with Gasteiger partial charge in [0.2, 0.25) is 5.91 Å². The summed E-state index contributed by atoms with van der Waals surface area (Å²) in [6.45, 7) is 0.891. The molecule has 4 atom stereocenters. The molecule has 4 nitrogen and oxygen atoms in total. The summed E-state index contributed by atoms with van der Waals surface area (Å²) in [6.07, 6.45) is 4.67. The van der Waals surface area contributed by atoms with Crippen LogP contribution < -0.4 is 10.6 Å². The Balaban J connectivity index is 1.37. The predicted molar refractivity (Wildman–Crippen MR) is 62.8 cm³/mol. The van der Waals surface area contributed by atoms with Gasteiger partial charge in [-0.2, -0.15) is 5.26 Å². The zero-order valence-corrected chi connectivity index (χ0v) is 9.98. The van der Waals surface area contributed by atoms with Crippen molar-refractivity contribution in [2.75, 3.05) is 13.1 Å². The van der Waals surface area contributed by atoms with E-state index < -0.39 is 0 Å². The van der Waals surface area contributed by atoms with Crippen molar-refractivity contribution in [2.45, 2.75) is 31.7 Å². The Labute approximate surface area is 102 Å². The number of rotatable bonds is 5. The summed E-state index contributed by atoms with van der Waals surface area (Å²) in [5.74, 6) is 3.67. The number of hydrogen-bond donors (Lipinski definition) is 2. The van der Waals surface area contributed by atoms with Gasteiger partial charge < -0.3 is 10.6 Å². The predicted octanol–water partition coefficient (Wildman–Crippen LogP) is 0.650. The zero-order valence-electron chi connectivity index (χ0n) is 9.98. The highest BCUT2D eigenvalue weighted by molar-refractivity contribution is 5.78. The number of nitriles is 1. The van der Waals surface area contributed by atoms with E-state index in [1.807, 2.05) is 6.07 Å². The van der Waals surface area contributed by atoms with Crippen molar-refractivity contribution < 1.29 is 4.79 Å². The summed E-state index contributed by atoms with van der Waals surface area (Å²) < 4.78 is 0. The van der Waals surface area contributed by atoms with Crippen molar-refractivity contribution in [1.82, 2.24) is 10.6 Å². The van der Waals surface area contributed by atoms with Gasteiger partial charge in [0.25, 0.3) is 0 Å². The van der Waals surface area contributed by atoms with E-state index in [1.165, 1.54) is 19.3 Å². The third-order valence-electron chi connectivity index (χ3n) is 4.79. The first-order valence-corrected chi connectivity index (χ1v) is 6.68. The van der Waals surface area contributed by atoms with E-state index in [1.54, 1.807) is 0 Å². The molecule has 3 saturated carbocycles. The van der Waals surface area contributed by atoms with Crippen molar-refractivity contribution >= 4 is 5.91 Å². The molecule has 17 heavy (non-hydrogen) atoms. The molecular weight excluding hydrogens is 214 g/mol. The van der Waals surface area contributed by atoms with Gasteiger partial charge in [-0.1, -0.05) is 0 Å². The molecular formula is C13H19N3O. The van der Waals surface area contributed by atoms with Crippen molar-refractivity contribution in [3.05, 3.63) is 0 Å². The van der Waals surface area contributed by atoms with Crippen molar-refractivity contribution in [3.63, 3.8) is 0 Å². The second-order valence-corrected chi connectivity index (χ2v) is 5.65. The summed E-state index contributed by atoms with van der Waals surface area (Å²) in [6, 6.07) is 2.63. The number of hydrogen-bond acceptors (Lipinski definition) is 3. The maximum absolute atomic E-state index is 11.5. The van der Waals surface area contributed by atoms with Gasteiger partial charge in [-0.25, -0.2) is 0 Å². The minimum Gasteiger partial charge on any atom is -0.354 e. The minimum absolute atomic E-state index is 0.0255. The van der Waals surface area contributed by atoms with Crippen LogP contribution in [0.3, 0.4) is 0 Å². The number of carbonyl (C=O) groups is 1. The van der Waals surface area contributed by atoms with Crippen LogP contribution in [0.2, 0.25) is 0 Å². The van der Waals surface area contributed by atoms with Crippen molar-refractivity contribution in [1.29, 1.82) is 5.26 Å². The fourth-order valence-electron chi connectivity index (χ4n) is 4.13. The second-order valence-electron chi connectivity index (χ2n) is 5.65. The van der Waals surface area contributed by atoms with Crippen LogP contribution in [-0.4, -0.2) is 25.0 Å². The topological polar surface area (TPSA) is 64.9 Å². The van der Waals surface area contributed by atoms with E-state index in [4.69, 9.17) is 5.26 Å². The Kier molecular flexibility index (Phi) is 2.79. The standard InChI is InChI=1S/C13H19N3O/c14-4-1-5-15-10(17)7-16-13-11-8-2-3-9(6-8)12(11)13/h8-9,11-13,16H,1-3,5-7H2,(H,15,17). The number of amides is 1. The lowest BCUT2D eigenvalue weighted by Gasteiger charge is -2.10. The van der Waals surface area contributed by atoms with Crippen LogP contribution in [0.5, 0.6) is 0 Å². The lowest BCUT2D eigenvalue weighted by molar-refractivity contribution is -0.120. The number of nitrogens with one attached hydrogen (secondary N) is 2. The quantitative estimate of drug-likeness (QED) is 0.685. The second kappa shape index (κ2) is 4.30. The summed E-state index contributed by atoms with van der Waals surface area (Å²) in [5.41, 5.74) is 0. The highest BCUT2D eigenvalue weighted by atomic mass is 16.1. The molecule has 3 fully saturated rings. The van der Waals surface area contributed by atoms with Crippen LogP contribution in [0, 0.1) is 35.0 Å². The van der Waals surface area contributed by atoms with Crippen LogP contribution in [0.25, 0.3) is 0 Å². The van der Waals surface area contributed by atoms with Gasteiger partial charge in [0, 0.05) is 12.6 Å². The molecule has 1 amide bonds. The molecule has 0 aliphatic heterocycles. The zero-order chi connectivity index (χ0) is 11.8. The first-order valence-electron chi connectivity index (χ1n) is 6.68. The summed E-state index contributed by atoms with van der Waals surface area (Å²) in [7, 11) is 0. The average Bonchev–Trinajstić information content (AvgIpc) is 2.71. The lowest BCUT2D eigenvalue weighted by Crippen LogP contribution is -2.36. The molecule has 92 valence electrons. The average molecular weight is 233 g/mol. The minimum atomic E-state index is 0.0255. The molecule has 3 aliphatic carbocycles. The van der Waals surface area contributed by atoms with Crippen LogP contribution in [-0.2, 0) is 4.79 Å². The highest BCUT2D eigenvalue weighted by Gasteiger charge is 2.64. The van der Waals surface area contributed by atoms with Gasteiger partial charge in [0.1, 0.15) is 0 Å². The molecule has 2 bridgehead atoms. The van der Waals surface area contributed by atoms with Crippen LogP contribution in [0.1, 0.15) is 25.7 Å². The molecule has 0 heterocycles. The summed E-state index contributed by atoms with van der Waals surface area (Å²) >= 11 is 0. The van der Waals surface area contributed by atoms with E-state index in [-0.39, 0.29) is 5.91 Å². The van der Waals surface area contributed by atoms with E-state index in [2.05, 4.69) is 10.6 Å². The maximum Gasteiger partial charge on any atom is 0.233 e. The van der Waals surface area contributed by atoms with Gasteiger partial charge >= 0.3 is 0 Å². The molecule has 2 N–H and O–H groups in total. The Morgan fingerprint density at radius 2 is 2.00 bits per heavy atom. The largest absolute Gasteiger partial charge is 0.354 e. The van der Waals surface area contributed by atoms with Crippen molar-refractivity contribution in [3.8, 4) is 6.07 Å². The third kappa shape index (κ3) is 1.93. The molecule has 0 aromatic carbocycles. The molecule has 3 rings (SSSR count). The van der Waals surface area contributed by atoms with Crippen LogP contribution >= 0.6 is 0 Å². The first-order chi connectivity index (χ1) is 8.31. The van der Waals surface area contributed by atoms with E-state index in [0.29, 0.717) is 25.6 Å². The summed E-state index contributed by atoms with van der Waals surface area (Å²) in [5, 5.41) is 14.5. The maximum atomic E-state index is 11.5. The highest BCUT2D eigenvalue weighted by Crippen LogP contribution is 2.65. The van der Waals surface area contributed by atoms with E-state index in [9.17, 15) is 4.79 Å². The molecule has 0 radical (unpaired) electrons. The Morgan fingerprint density at radius 1 is 1.29 bits per heavy atom. The Morgan fingerprint density at radius 3 is 2.65 bits per heavy atom. The van der Waals surface area contributed by atoms with Gasteiger partial charge in [0.05, 0.1) is 19.0 Å². The van der Waals surface area contributed by atoms with Gasteiger partial charge in [-0.15, -0.1) is 0 Å². The fraction of sp³-hybridized carbons (Fsp3) is 0.846. The summed E-state index contributed by atoms with van der Waals surface area (Å²) in [4.78, 5) is 11.5. The molecule has 0 aromatic heterocycles. The number of fused-ring (bicyclic) bond motifs is 5. The lowest BCUT2D eigenvalue weighted by atomic mass is 10.0. The molecule has 3 aliphatic rings. The smallest absolute Gasteiger partial charge is 0.233 e. The van der Waals surface area contributed by atoms with Crippen LogP contribution in [0.4, 0.5) is 0 Å². The van der Waals surface area contributed by atoms with E-state index >= 15 is 0 Å². The fourth-order valence-corrected chi connectivity index (χ4v) is 4.13. The molecule has 0 aromatic rings. The molecule has 4 unspecified atom stereocenters. The van der Waals surface area contributed by atoms with Crippen molar-refractivity contribution in [2.24, 2.45) is 23.7 Å². The van der Waals surface area contributed by atoms with Crippen LogP contribution in [0.15, 0.2) is 0 Å². The van der Waals surface area contributed by atoms with E-state index in [0.717, 1.165) is 23.7 Å². The first kappa shape index (κ1) is 11.0. The molecule has 0 spiro atoms. The Bertz CT molecular complexity index is 346. The Hall–Kier alpha value is -1.08.